The third kappa shape index (κ3) is 2.58. The summed E-state index contributed by atoms with van der Waals surface area (Å²) in [4.78, 5) is 13.9. The highest BCUT2D eigenvalue weighted by Gasteiger charge is 2.23. The molecule has 0 saturated carbocycles. The summed E-state index contributed by atoms with van der Waals surface area (Å²) < 4.78 is 0. The van der Waals surface area contributed by atoms with Gasteiger partial charge in [-0.05, 0) is 37.5 Å². The molecule has 4 heteroatoms. The van der Waals surface area contributed by atoms with E-state index in [0.717, 1.165) is 18.4 Å². The first-order valence-electron chi connectivity index (χ1n) is 5.92. The number of nitrogens with zero attached hydrogens (tertiary/aromatic N) is 1. The Morgan fingerprint density at radius 3 is 2.65 bits per heavy atom. The van der Waals surface area contributed by atoms with E-state index in [1.54, 1.807) is 17.0 Å². The predicted octanol–water partition coefficient (Wildman–Crippen LogP) is 1.26. The topological polar surface area (TPSA) is 66.6 Å². The number of benzene rings is 1. The van der Waals surface area contributed by atoms with Gasteiger partial charge in [-0.15, -0.1) is 0 Å². The smallest absolute Gasteiger partial charge is 0.257 e. The molecule has 2 rings (SSSR count). The summed E-state index contributed by atoms with van der Waals surface area (Å²) >= 11 is 0. The number of aryl methyl sites for hydroxylation is 1. The fourth-order valence-corrected chi connectivity index (χ4v) is 2.10. The second-order valence-electron chi connectivity index (χ2n) is 4.65. The highest BCUT2D eigenvalue weighted by Crippen LogP contribution is 2.21. The standard InChI is InChI=1S/C13H18N2O2/c1-9-2-3-11(12(16)8-9)13(17)15-6-4-10(14)5-7-15/h2-3,8,10,16H,4-7,14H2,1H3. The second kappa shape index (κ2) is 4.75. The van der Waals surface area contributed by atoms with Crippen LogP contribution in [0, 0.1) is 6.92 Å². The third-order valence-corrected chi connectivity index (χ3v) is 3.21. The van der Waals surface area contributed by atoms with Gasteiger partial charge in [0.1, 0.15) is 5.75 Å². The maximum Gasteiger partial charge on any atom is 0.257 e. The van der Waals surface area contributed by atoms with E-state index >= 15 is 0 Å². The first-order chi connectivity index (χ1) is 8.08. The lowest BCUT2D eigenvalue weighted by atomic mass is 10.0. The van der Waals surface area contributed by atoms with Crippen molar-refractivity contribution in [3.05, 3.63) is 29.3 Å². The van der Waals surface area contributed by atoms with E-state index in [0.29, 0.717) is 18.7 Å². The van der Waals surface area contributed by atoms with Gasteiger partial charge in [0.15, 0.2) is 0 Å². The van der Waals surface area contributed by atoms with Crippen LogP contribution in [0.1, 0.15) is 28.8 Å². The number of amides is 1. The van der Waals surface area contributed by atoms with E-state index in [2.05, 4.69) is 0 Å². The molecule has 0 spiro atoms. The molecule has 0 atom stereocenters. The van der Waals surface area contributed by atoms with Crippen molar-refractivity contribution in [1.82, 2.24) is 4.90 Å². The molecule has 1 aliphatic rings. The Kier molecular flexibility index (Phi) is 3.33. The Morgan fingerprint density at radius 1 is 1.41 bits per heavy atom. The zero-order valence-corrected chi connectivity index (χ0v) is 10.0. The lowest BCUT2D eigenvalue weighted by Gasteiger charge is -2.30. The summed E-state index contributed by atoms with van der Waals surface area (Å²) in [6.07, 6.45) is 1.66. The third-order valence-electron chi connectivity index (χ3n) is 3.21. The number of hydrogen-bond donors (Lipinski definition) is 2. The van der Waals surface area contributed by atoms with E-state index < -0.39 is 0 Å². The summed E-state index contributed by atoms with van der Waals surface area (Å²) in [5.74, 6) is -0.0423. The average molecular weight is 234 g/mol. The van der Waals surface area contributed by atoms with Gasteiger partial charge in [-0.1, -0.05) is 6.07 Å². The van der Waals surface area contributed by atoms with Crippen LogP contribution in [-0.2, 0) is 0 Å². The van der Waals surface area contributed by atoms with Gasteiger partial charge in [0.25, 0.3) is 5.91 Å². The van der Waals surface area contributed by atoms with Crippen molar-refractivity contribution < 1.29 is 9.90 Å². The Balaban J connectivity index is 2.14. The summed E-state index contributed by atoms with van der Waals surface area (Å²) in [6.45, 7) is 3.23. The van der Waals surface area contributed by atoms with E-state index in [1.807, 2.05) is 13.0 Å². The van der Waals surface area contributed by atoms with Crippen LogP contribution < -0.4 is 5.73 Å². The Labute approximate surface area is 101 Å². The number of nitrogens with two attached hydrogens (primary N) is 1. The van der Waals surface area contributed by atoms with Crippen LogP contribution in [-0.4, -0.2) is 35.0 Å². The van der Waals surface area contributed by atoms with E-state index in [9.17, 15) is 9.90 Å². The van der Waals surface area contributed by atoms with Crippen molar-refractivity contribution in [3.8, 4) is 5.75 Å². The van der Waals surface area contributed by atoms with Crippen LogP contribution in [0.3, 0.4) is 0 Å². The molecule has 0 unspecified atom stereocenters. The molecule has 3 N–H and O–H groups in total. The van der Waals surface area contributed by atoms with Crippen molar-refractivity contribution in [2.75, 3.05) is 13.1 Å². The van der Waals surface area contributed by atoms with Crippen LogP contribution in [0.4, 0.5) is 0 Å². The minimum atomic E-state index is -0.102. The average Bonchev–Trinajstić information content (AvgIpc) is 2.29. The van der Waals surface area contributed by atoms with Crippen molar-refractivity contribution in [2.45, 2.75) is 25.8 Å². The molecule has 1 fully saturated rings. The molecular formula is C13H18N2O2. The first-order valence-corrected chi connectivity index (χ1v) is 5.92. The van der Waals surface area contributed by atoms with Gasteiger partial charge < -0.3 is 15.7 Å². The number of aromatic hydroxyl groups is 1. The lowest BCUT2D eigenvalue weighted by Crippen LogP contribution is -2.42. The summed E-state index contributed by atoms with van der Waals surface area (Å²) in [7, 11) is 0. The number of carbonyl (C=O) groups excluding carboxylic acids is 1. The van der Waals surface area contributed by atoms with Gasteiger partial charge >= 0.3 is 0 Å². The van der Waals surface area contributed by atoms with Crippen LogP contribution in [0.25, 0.3) is 0 Å². The number of piperidine rings is 1. The summed E-state index contributed by atoms with van der Waals surface area (Å²) in [6, 6.07) is 5.33. The fraction of sp³-hybridized carbons (Fsp3) is 0.462. The second-order valence-corrected chi connectivity index (χ2v) is 4.65. The molecule has 1 aromatic carbocycles. The Hall–Kier alpha value is -1.55. The molecule has 4 nitrogen and oxygen atoms in total. The zero-order valence-electron chi connectivity index (χ0n) is 10.0. The van der Waals surface area contributed by atoms with Gasteiger partial charge in [-0.3, -0.25) is 4.79 Å². The number of phenolic OH excluding ortho intramolecular Hbond substituents is 1. The van der Waals surface area contributed by atoms with E-state index in [-0.39, 0.29) is 17.7 Å². The predicted molar refractivity (Wildman–Crippen MR) is 66.0 cm³/mol. The monoisotopic (exact) mass is 234 g/mol. The van der Waals surface area contributed by atoms with Crippen LogP contribution in [0.5, 0.6) is 5.75 Å². The highest BCUT2D eigenvalue weighted by atomic mass is 16.3. The molecule has 0 aromatic heterocycles. The van der Waals surface area contributed by atoms with Crippen molar-refractivity contribution >= 4 is 5.91 Å². The molecule has 1 aliphatic heterocycles. The number of rotatable bonds is 1. The van der Waals surface area contributed by atoms with Crippen molar-refractivity contribution in [2.24, 2.45) is 5.73 Å². The Morgan fingerprint density at radius 2 is 2.06 bits per heavy atom. The quantitative estimate of drug-likeness (QED) is 0.769. The van der Waals surface area contributed by atoms with Crippen molar-refractivity contribution in [1.29, 1.82) is 0 Å². The van der Waals surface area contributed by atoms with Gasteiger partial charge in [0.2, 0.25) is 0 Å². The van der Waals surface area contributed by atoms with E-state index in [1.165, 1.54) is 0 Å². The molecule has 1 aromatic rings. The number of likely N-dealkylation sites (tertiary alicyclic amines) is 1. The van der Waals surface area contributed by atoms with Crippen molar-refractivity contribution in [3.63, 3.8) is 0 Å². The van der Waals surface area contributed by atoms with E-state index in [4.69, 9.17) is 5.73 Å². The minimum Gasteiger partial charge on any atom is -0.507 e. The molecule has 0 aliphatic carbocycles. The maximum absolute atomic E-state index is 12.2. The zero-order chi connectivity index (χ0) is 12.4. The summed E-state index contributed by atoms with van der Waals surface area (Å²) in [5, 5.41) is 9.77. The molecular weight excluding hydrogens is 216 g/mol. The SMILES string of the molecule is Cc1ccc(C(=O)N2CCC(N)CC2)c(O)c1. The van der Waals surface area contributed by atoms with Crippen LogP contribution in [0.2, 0.25) is 0 Å². The number of carbonyl (C=O) groups is 1. The van der Waals surface area contributed by atoms with Gasteiger partial charge in [-0.25, -0.2) is 0 Å². The molecule has 17 heavy (non-hydrogen) atoms. The normalized spacial score (nSPS) is 17.2. The number of phenols is 1. The largest absolute Gasteiger partial charge is 0.507 e. The molecule has 92 valence electrons. The molecule has 1 heterocycles. The Bertz CT molecular complexity index is 423. The van der Waals surface area contributed by atoms with Crippen LogP contribution >= 0.6 is 0 Å². The van der Waals surface area contributed by atoms with Crippen LogP contribution in [0.15, 0.2) is 18.2 Å². The highest BCUT2D eigenvalue weighted by molar-refractivity contribution is 5.97. The van der Waals surface area contributed by atoms with Gasteiger partial charge in [0.05, 0.1) is 5.56 Å². The molecule has 0 radical (unpaired) electrons. The van der Waals surface area contributed by atoms with Gasteiger partial charge in [0, 0.05) is 19.1 Å². The molecule has 1 saturated heterocycles. The molecule has 1 amide bonds. The number of hydrogen-bond acceptors (Lipinski definition) is 3. The first kappa shape index (κ1) is 11.9. The molecule has 0 bridgehead atoms. The van der Waals surface area contributed by atoms with Gasteiger partial charge in [-0.2, -0.15) is 0 Å². The minimum absolute atomic E-state index is 0.0601. The fourth-order valence-electron chi connectivity index (χ4n) is 2.10. The lowest BCUT2D eigenvalue weighted by molar-refractivity contribution is 0.0712. The maximum atomic E-state index is 12.2. The summed E-state index contributed by atoms with van der Waals surface area (Å²) in [5.41, 5.74) is 7.12.